The van der Waals surface area contributed by atoms with Gasteiger partial charge in [-0.15, -0.1) is 0 Å². The molecule has 6 unspecified atom stereocenters. The Kier molecular flexibility index (Phi) is 8.09. The first-order valence-corrected chi connectivity index (χ1v) is 17.1. The predicted octanol–water partition coefficient (Wildman–Crippen LogP) is -0.203. The van der Waals surface area contributed by atoms with Crippen LogP contribution in [0.15, 0.2) is 47.6 Å². The summed E-state index contributed by atoms with van der Waals surface area (Å²) in [6, 6.07) is 0. The molecule has 0 heterocycles. The molecule has 0 amide bonds. The average molecular weight is 472 g/mol. The molecule has 0 N–H and O–H groups in total. The number of rotatable bonds is 2. The fourth-order valence-corrected chi connectivity index (χ4v) is 16.7. The van der Waals surface area contributed by atoms with Gasteiger partial charge in [0.1, 0.15) is 0 Å². The van der Waals surface area contributed by atoms with Crippen molar-refractivity contribution in [2.75, 3.05) is 0 Å². The molecule has 4 heteroatoms. The van der Waals surface area contributed by atoms with Crippen LogP contribution in [0.5, 0.6) is 0 Å². The molecule has 0 radical (unpaired) electrons. The molecule has 135 valence electrons. The van der Waals surface area contributed by atoms with E-state index in [1.807, 2.05) is 5.57 Å². The van der Waals surface area contributed by atoms with Crippen molar-refractivity contribution in [2.45, 2.75) is 49.3 Å². The molecule has 4 aliphatic carbocycles. The summed E-state index contributed by atoms with van der Waals surface area (Å²) in [5, 5.41) is 0. The first kappa shape index (κ1) is 21.9. The summed E-state index contributed by atoms with van der Waals surface area (Å²) in [6.07, 6.45) is 20.4. The Balaban J connectivity index is 0.00000113. The summed E-state index contributed by atoms with van der Waals surface area (Å²) in [6.45, 7) is 7.57. The van der Waals surface area contributed by atoms with Crippen molar-refractivity contribution >= 4 is 5.43 Å². The monoisotopic (exact) mass is 469 g/mol. The van der Waals surface area contributed by atoms with Crippen LogP contribution < -0.4 is 24.8 Å². The standard InChI is InChI=1S/C19H23.C2H6Si.2ClH.Zr/c1-13-6-4-9-15(13)17-10-5-11-18-16-8-3-2-7-14(16)12-19(17)18;1-3-2;;;/h2-4,6-8,12,14,16-19H,5,9-11H2,1H3;1-2H3;2*1H;/q;;;;+2/p-2. The largest absolute Gasteiger partial charge is 1.00 e. The zero-order chi connectivity index (χ0) is 16.0. The minimum absolute atomic E-state index is 0. The molecule has 0 nitrogen and oxygen atoms in total. The predicted molar refractivity (Wildman–Crippen MR) is 97.3 cm³/mol. The molecule has 0 bridgehead atoms. The van der Waals surface area contributed by atoms with Crippen LogP contribution in [-0.2, 0) is 21.9 Å². The van der Waals surface area contributed by atoms with Crippen molar-refractivity contribution in [1.29, 1.82) is 0 Å². The fourth-order valence-electron chi connectivity index (χ4n) is 5.91. The van der Waals surface area contributed by atoms with Gasteiger partial charge in [-0.3, -0.25) is 0 Å². The van der Waals surface area contributed by atoms with Gasteiger partial charge in [0, 0.05) is 0 Å². The van der Waals surface area contributed by atoms with Crippen LogP contribution in [0.25, 0.3) is 0 Å². The van der Waals surface area contributed by atoms with Crippen LogP contribution in [0, 0.1) is 29.6 Å². The van der Waals surface area contributed by atoms with E-state index >= 15 is 0 Å². The Labute approximate surface area is 177 Å². The second-order valence-electron chi connectivity index (χ2n) is 8.19. The van der Waals surface area contributed by atoms with Gasteiger partial charge in [-0.25, -0.2) is 0 Å². The number of allylic oxidation sites excluding steroid dienone is 8. The van der Waals surface area contributed by atoms with E-state index in [9.17, 15) is 0 Å². The fraction of sp³-hybridized carbons (Fsp3) is 0.619. The van der Waals surface area contributed by atoms with Crippen LogP contribution in [0.1, 0.15) is 32.6 Å². The molecule has 0 aliphatic heterocycles. The van der Waals surface area contributed by atoms with Crippen LogP contribution in [0.4, 0.5) is 0 Å². The van der Waals surface area contributed by atoms with Crippen LogP contribution in [-0.4, -0.2) is 5.43 Å². The summed E-state index contributed by atoms with van der Waals surface area (Å²) >= 11 is -0.230. The molecule has 0 spiro atoms. The number of hydrogen-bond donors (Lipinski definition) is 0. The molecule has 4 aliphatic rings. The van der Waals surface area contributed by atoms with Gasteiger partial charge in [0.05, 0.1) is 0 Å². The summed E-state index contributed by atoms with van der Waals surface area (Å²) in [4.78, 5) is 0. The minimum atomic E-state index is -0.230. The van der Waals surface area contributed by atoms with E-state index in [1.54, 1.807) is 5.57 Å². The van der Waals surface area contributed by atoms with Crippen LogP contribution in [0.2, 0.25) is 16.7 Å². The van der Waals surface area contributed by atoms with Crippen LogP contribution >= 0.6 is 0 Å². The van der Waals surface area contributed by atoms with Gasteiger partial charge in [-0.2, -0.15) is 0 Å². The third-order valence-electron chi connectivity index (χ3n) is 6.67. The van der Waals surface area contributed by atoms with Gasteiger partial charge in [0.15, 0.2) is 0 Å². The molecule has 0 saturated heterocycles. The average Bonchev–Trinajstić information content (AvgIpc) is 3.10. The molecule has 0 aromatic rings. The summed E-state index contributed by atoms with van der Waals surface area (Å²) in [5.74, 6) is 4.74. The number of fused-ring (bicyclic) bond motifs is 3. The minimum Gasteiger partial charge on any atom is -1.00 e. The molecule has 0 aromatic carbocycles. The number of halogens is 2. The number of hydrogen-bond acceptors (Lipinski definition) is 0. The molecule has 6 atom stereocenters. The van der Waals surface area contributed by atoms with Gasteiger partial charge in [0.25, 0.3) is 0 Å². The van der Waals surface area contributed by atoms with Crippen molar-refractivity contribution in [2.24, 2.45) is 29.6 Å². The Bertz CT molecular complexity index is 642. The second kappa shape index (κ2) is 9.22. The normalized spacial score (nSPS) is 37.7. The van der Waals surface area contributed by atoms with E-state index in [-0.39, 0.29) is 52.1 Å². The molecule has 25 heavy (non-hydrogen) atoms. The van der Waals surface area contributed by atoms with E-state index in [0.717, 1.165) is 33.2 Å². The van der Waals surface area contributed by atoms with E-state index in [2.05, 4.69) is 56.5 Å². The van der Waals surface area contributed by atoms with Gasteiger partial charge in [-0.1, -0.05) is 0 Å². The third kappa shape index (κ3) is 4.08. The molecular weight excluding hydrogens is 442 g/mol. The first-order chi connectivity index (χ1) is 11.2. The van der Waals surface area contributed by atoms with Crippen molar-refractivity contribution in [3.63, 3.8) is 0 Å². The summed E-state index contributed by atoms with van der Waals surface area (Å²) in [7, 11) is 0. The van der Waals surface area contributed by atoms with E-state index in [1.165, 1.54) is 25.7 Å². The zero-order valence-electron chi connectivity index (χ0n) is 15.5. The topological polar surface area (TPSA) is 0 Å². The van der Waals surface area contributed by atoms with Gasteiger partial charge < -0.3 is 24.8 Å². The van der Waals surface area contributed by atoms with E-state index in [4.69, 9.17) is 0 Å². The Hall–Kier alpha value is 0.640. The van der Waals surface area contributed by atoms with Crippen molar-refractivity contribution in [1.82, 2.24) is 0 Å². The third-order valence-corrected chi connectivity index (χ3v) is 16.2. The van der Waals surface area contributed by atoms with Crippen molar-refractivity contribution in [3.05, 3.63) is 47.6 Å². The maximum Gasteiger partial charge on any atom is -1.00 e. The summed E-state index contributed by atoms with van der Waals surface area (Å²) < 4.78 is 1.12. The maximum atomic E-state index is 2.62. The van der Waals surface area contributed by atoms with E-state index < -0.39 is 0 Å². The van der Waals surface area contributed by atoms with Crippen molar-refractivity contribution < 1.29 is 46.7 Å². The second-order valence-corrected chi connectivity index (χ2v) is 21.6. The van der Waals surface area contributed by atoms with Crippen LogP contribution in [0.3, 0.4) is 0 Å². The van der Waals surface area contributed by atoms with Gasteiger partial charge in [-0.05, 0) is 0 Å². The van der Waals surface area contributed by atoms with Gasteiger partial charge >= 0.3 is 154 Å². The Morgan fingerprint density at radius 3 is 2.40 bits per heavy atom. The zero-order valence-corrected chi connectivity index (χ0v) is 20.5. The Morgan fingerprint density at radius 2 is 1.76 bits per heavy atom. The first-order valence-electron chi connectivity index (χ1n) is 9.44. The molecule has 2 saturated carbocycles. The molecular formula is C21H29Cl2SiZr. The SMILES string of the molecule is CC1=C(C2CCCC3C4C=CC=CC4[CH]([Zr+2]=[Si](C)C)C23)CC=C1.[Cl-].[Cl-]. The quantitative estimate of drug-likeness (QED) is 0.490. The molecule has 0 aromatic heterocycles. The summed E-state index contributed by atoms with van der Waals surface area (Å²) in [5.41, 5.74) is 3.45. The van der Waals surface area contributed by atoms with E-state index in [0.29, 0.717) is 0 Å². The molecule has 4 rings (SSSR count). The Morgan fingerprint density at radius 1 is 1.04 bits per heavy atom. The maximum absolute atomic E-state index is 2.62. The van der Waals surface area contributed by atoms with Crippen molar-refractivity contribution in [3.8, 4) is 0 Å². The smallest absolute Gasteiger partial charge is 1.00 e. The molecule has 2 fully saturated rings. The van der Waals surface area contributed by atoms with Gasteiger partial charge in [0.2, 0.25) is 0 Å².